The molecule has 1 fully saturated rings. The number of aromatic nitrogens is 1. The number of hydrogen-bond donors (Lipinski definition) is 2. The molecule has 29 heavy (non-hydrogen) atoms. The first-order valence-corrected chi connectivity index (χ1v) is 10.8. The third-order valence-corrected chi connectivity index (χ3v) is 5.46. The molecule has 0 aliphatic carbocycles. The molecule has 0 radical (unpaired) electrons. The van der Waals surface area contributed by atoms with Crippen molar-refractivity contribution in [1.82, 2.24) is 25.0 Å². The highest BCUT2D eigenvalue weighted by Gasteiger charge is 2.22. The molecule has 1 aromatic rings. The normalized spacial score (nSPS) is 17.4. The minimum Gasteiger partial charge on any atom is -0.447 e. The number of amides is 1. The monoisotopic (exact) mass is 409 g/mol. The van der Waals surface area contributed by atoms with Gasteiger partial charge in [-0.3, -0.25) is 14.6 Å². The van der Waals surface area contributed by atoms with E-state index < -0.39 is 0 Å². The second-order valence-corrected chi connectivity index (χ2v) is 8.83. The Morgan fingerprint density at radius 3 is 2.52 bits per heavy atom. The SMILES string of the molecule is CC(C)CCNC(=O)c1coc(CN2CCN(C[C@H](O)CN(C)C(C)C)CC2)n1. The van der Waals surface area contributed by atoms with Gasteiger partial charge in [0.15, 0.2) is 5.69 Å². The lowest BCUT2D eigenvalue weighted by Crippen LogP contribution is -2.49. The molecule has 1 aliphatic heterocycles. The number of aliphatic hydroxyl groups excluding tert-OH is 1. The molecule has 1 aliphatic rings. The summed E-state index contributed by atoms with van der Waals surface area (Å²) in [6.45, 7) is 14.8. The lowest BCUT2D eigenvalue weighted by atomic mass is 10.1. The van der Waals surface area contributed by atoms with E-state index in [0.717, 1.165) is 32.6 Å². The van der Waals surface area contributed by atoms with E-state index in [-0.39, 0.29) is 12.0 Å². The zero-order valence-electron chi connectivity index (χ0n) is 18.7. The highest BCUT2D eigenvalue weighted by molar-refractivity contribution is 5.91. The molecule has 1 atom stereocenters. The molecule has 1 saturated heterocycles. The van der Waals surface area contributed by atoms with Gasteiger partial charge in [-0.15, -0.1) is 0 Å². The summed E-state index contributed by atoms with van der Waals surface area (Å²) in [6, 6.07) is 0.435. The van der Waals surface area contributed by atoms with Gasteiger partial charge in [0.1, 0.15) is 6.26 Å². The smallest absolute Gasteiger partial charge is 0.273 e. The van der Waals surface area contributed by atoms with Gasteiger partial charge < -0.3 is 19.7 Å². The number of nitrogens with zero attached hydrogens (tertiary/aromatic N) is 4. The minimum absolute atomic E-state index is 0.175. The van der Waals surface area contributed by atoms with Crippen molar-refractivity contribution >= 4 is 5.91 Å². The largest absolute Gasteiger partial charge is 0.447 e. The Morgan fingerprint density at radius 1 is 1.24 bits per heavy atom. The second-order valence-electron chi connectivity index (χ2n) is 8.83. The van der Waals surface area contributed by atoms with Crippen molar-refractivity contribution in [2.75, 3.05) is 52.9 Å². The molecule has 2 heterocycles. The maximum Gasteiger partial charge on any atom is 0.273 e. The number of carbonyl (C=O) groups is 1. The summed E-state index contributed by atoms with van der Waals surface area (Å²) >= 11 is 0. The third-order valence-electron chi connectivity index (χ3n) is 5.46. The Kier molecular flexibility index (Phi) is 9.55. The van der Waals surface area contributed by atoms with E-state index in [0.29, 0.717) is 49.7 Å². The third kappa shape index (κ3) is 8.42. The molecule has 0 aromatic carbocycles. The predicted octanol–water partition coefficient (Wildman–Crippen LogP) is 1.27. The average Bonchev–Trinajstić information content (AvgIpc) is 3.11. The summed E-state index contributed by atoms with van der Waals surface area (Å²) in [4.78, 5) is 23.2. The van der Waals surface area contributed by atoms with Gasteiger partial charge in [-0.2, -0.15) is 0 Å². The van der Waals surface area contributed by atoms with E-state index >= 15 is 0 Å². The zero-order valence-corrected chi connectivity index (χ0v) is 18.7. The molecule has 0 unspecified atom stereocenters. The summed E-state index contributed by atoms with van der Waals surface area (Å²) in [5.74, 6) is 0.955. The van der Waals surface area contributed by atoms with Crippen LogP contribution in [0.3, 0.4) is 0 Å². The molecule has 1 aromatic heterocycles. The van der Waals surface area contributed by atoms with Gasteiger partial charge >= 0.3 is 0 Å². The number of nitrogens with one attached hydrogen (secondary N) is 1. The number of piperazine rings is 1. The molecule has 2 N–H and O–H groups in total. The Morgan fingerprint density at radius 2 is 1.90 bits per heavy atom. The first-order valence-electron chi connectivity index (χ1n) is 10.8. The maximum atomic E-state index is 12.1. The fraction of sp³-hybridized carbons (Fsp3) is 0.810. The molecular formula is C21H39N5O3. The van der Waals surface area contributed by atoms with E-state index in [1.54, 1.807) is 0 Å². The Balaban J connectivity index is 1.70. The Labute approximate surface area is 175 Å². The first kappa shape index (κ1) is 23.8. The fourth-order valence-electron chi connectivity index (χ4n) is 3.27. The number of β-amino-alcohol motifs (C(OH)–C–C–N with tert-alkyl or cyclic N) is 1. The van der Waals surface area contributed by atoms with Crippen molar-refractivity contribution < 1.29 is 14.3 Å². The first-order chi connectivity index (χ1) is 13.7. The van der Waals surface area contributed by atoms with E-state index in [4.69, 9.17) is 4.42 Å². The van der Waals surface area contributed by atoms with Crippen LogP contribution in [0, 0.1) is 5.92 Å². The summed E-state index contributed by atoms with van der Waals surface area (Å²) in [7, 11) is 2.04. The fourth-order valence-corrected chi connectivity index (χ4v) is 3.27. The van der Waals surface area contributed by atoms with Crippen molar-refractivity contribution in [3.63, 3.8) is 0 Å². The molecule has 8 heteroatoms. The molecule has 1 amide bonds. The van der Waals surface area contributed by atoms with Crippen LogP contribution in [0.2, 0.25) is 0 Å². The maximum absolute atomic E-state index is 12.1. The van der Waals surface area contributed by atoms with Crippen LogP contribution in [0.4, 0.5) is 0 Å². The standard InChI is InChI=1S/C21H39N5O3/c1-16(2)6-7-22-21(28)19-15-29-20(23-19)14-26-10-8-25(9-11-26)13-18(27)12-24(5)17(3)4/h15-18,27H,6-14H2,1-5H3,(H,22,28)/t18-/m1/s1. The van der Waals surface area contributed by atoms with Gasteiger partial charge in [0.05, 0.1) is 12.6 Å². The van der Waals surface area contributed by atoms with Gasteiger partial charge in [-0.25, -0.2) is 4.98 Å². The predicted molar refractivity (Wildman–Crippen MR) is 114 cm³/mol. The van der Waals surface area contributed by atoms with Crippen LogP contribution in [0.25, 0.3) is 0 Å². The van der Waals surface area contributed by atoms with E-state index in [9.17, 15) is 9.90 Å². The van der Waals surface area contributed by atoms with Crippen LogP contribution >= 0.6 is 0 Å². The lowest BCUT2D eigenvalue weighted by molar-refractivity contribution is 0.0469. The van der Waals surface area contributed by atoms with Crippen LogP contribution in [-0.4, -0.2) is 95.7 Å². The molecule has 8 nitrogen and oxygen atoms in total. The van der Waals surface area contributed by atoms with Crippen molar-refractivity contribution in [3.05, 3.63) is 17.8 Å². The Hall–Kier alpha value is -1.48. The van der Waals surface area contributed by atoms with Gasteiger partial charge in [0, 0.05) is 51.9 Å². The van der Waals surface area contributed by atoms with Crippen molar-refractivity contribution in [3.8, 4) is 0 Å². The van der Waals surface area contributed by atoms with Gasteiger partial charge in [0.25, 0.3) is 5.91 Å². The van der Waals surface area contributed by atoms with Gasteiger partial charge in [0.2, 0.25) is 5.89 Å². The van der Waals surface area contributed by atoms with Crippen molar-refractivity contribution in [1.29, 1.82) is 0 Å². The van der Waals surface area contributed by atoms with E-state index in [1.807, 2.05) is 7.05 Å². The van der Waals surface area contributed by atoms with E-state index in [1.165, 1.54) is 6.26 Å². The number of rotatable bonds is 11. The number of aliphatic hydroxyl groups is 1. The number of hydrogen-bond acceptors (Lipinski definition) is 7. The van der Waals surface area contributed by atoms with Crippen LogP contribution < -0.4 is 5.32 Å². The molecule has 0 bridgehead atoms. The summed E-state index contributed by atoms with van der Waals surface area (Å²) in [6.07, 6.45) is 2.05. The molecular weight excluding hydrogens is 370 g/mol. The quantitative estimate of drug-likeness (QED) is 0.569. The Bertz CT molecular complexity index is 611. The van der Waals surface area contributed by atoms with Crippen LogP contribution in [0.1, 0.15) is 50.5 Å². The number of carbonyl (C=O) groups excluding carboxylic acids is 1. The van der Waals surface area contributed by atoms with Crippen LogP contribution in [-0.2, 0) is 6.54 Å². The molecule has 2 rings (SSSR count). The minimum atomic E-state index is -0.336. The molecule has 166 valence electrons. The van der Waals surface area contributed by atoms with Gasteiger partial charge in [-0.05, 0) is 33.2 Å². The number of likely N-dealkylation sites (N-methyl/N-ethyl adjacent to an activating group) is 1. The highest BCUT2D eigenvalue weighted by Crippen LogP contribution is 2.10. The molecule has 0 saturated carbocycles. The summed E-state index contributed by atoms with van der Waals surface area (Å²) < 4.78 is 5.50. The van der Waals surface area contributed by atoms with Crippen molar-refractivity contribution in [2.45, 2.75) is 52.8 Å². The van der Waals surface area contributed by atoms with Crippen LogP contribution in [0.15, 0.2) is 10.7 Å². The van der Waals surface area contributed by atoms with E-state index in [2.05, 4.69) is 52.7 Å². The van der Waals surface area contributed by atoms with Crippen LogP contribution in [0.5, 0.6) is 0 Å². The lowest BCUT2D eigenvalue weighted by Gasteiger charge is -2.35. The highest BCUT2D eigenvalue weighted by atomic mass is 16.3. The summed E-state index contributed by atoms with van der Waals surface area (Å²) in [5, 5.41) is 13.2. The van der Waals surface area contributed by atoms with Crippen molar-refractivity contribution in [2.24, 2.45) is 5.92 Å². The number of oxazole rings is 1. The van der Waals surface area contributed by atoms with Gasteiger partial charge in [-0.1, -0.05) is 13.8 Å². The zero-order chi connectivity index (χ0) is 21.4. The molecule has 0 spiro atoms. The second kappa shape index (κ2) is 11.6. The topological polar surface area (TPSA) is 85.1 Å². The summed E-state index contributed by atoms with van der Waals surface area (Å²) in [5.41, 5.74) is 0.347. The average molecular weight is 410 g/mol.